The van der Waals surface area contributed by atoms with Gasteiger partial charge in [-0.05, 0) is 25.7 Å². The lowest BCUT2D eigenvalue weighted by Gasteiger charge is -2.31. The van der Waals surface area contributed by atoms with Crippen molar-refractivity contribution < 1.29 is 19.1 Å². The van der Waals surface area contributed by atoms with E-state index in [1.807, 2.05) is 17.1 Å². The highest BCUT2D eigenvalue weighted by atomic mass is 16.7. The van der Waals surface area contributed by atoms with E-state index in [0.29, 0.717) is 45.2 Å². The van der Waals surface area contributed by atoms with E-state index in [-0.39, 0.29) is 23.7 Å². The van der Waals surface area contributed by atoms with Gasteiger partial charge in [0, 0.05) is 19.0 Å². The lowest BCUT2D eigenvalue weighted by atomic mass is 9.81. The number of likely N-dealkylation sites (tertiary alicyclic amines) is 1. The number of hydrogen-bond acceptors (Lipinski definition) is 4. The van der Waals surface area contributed by atoms with E-state index in [1.54, 1.807) is 0 Å². The van der Waals surface area contributed by atoms with Crippen LogP contribution < -0.4 is 5.32 Å². The molecule has 3 fully saturated rings. The molecule has 4 rings (SSSR count). The molecule has 0 radical (unpaired) electrons. The maximum atomic E-state index is 13.0. The van der Waals surface area contributed by atoms with Gasteiger partial charge in [0.2, 0.25) is 11.8 Å². The number of hydrogen-bond donors (Lipinski definition) is 1. The van der Waals surface area contributed by atoms with Crippen molar-refractivity contribution in [1.82, 2.24) is 10.2 Å². The van der Waals surface area contributed by atoms with Crippen molar-refractivity contribution >= 4 is 11.8 Å². The van der Waals surface area contributed by atoms with Gasteiger partial charge in [-0.25, -0.2) is 0 Å². The molecule has 1 N–H and O–H groups in total. The van der Waals surface area contributed by atoms with Gasteiger partial charge in [0.15, 0.2) is 5.79 Å². The standard InChI is InChI=1S/C17H24N2O4/c20-15(18-12-5-6-12)13-3-1-2-4-14(13)16(21)19-8-7-17(11-19)22-9-10-23-17/h1-2,12-14H,3-11H2,(H,18,20)/t13-,14-/m0/s1. The SMILES string of the molecule is O=C(NC1CC1)[C@H]1CC=CC[C@@H]1C(=O)N1CCC2(C1)OCCO2. The summed E-state index contributed by atoms with van der Waals surface area (Å²) in [6.45, 7) is 2.33. The van der Waals surface area contributed by atoms with Crippen molar-refractivity contribution in [2.24, 2.45) is 11.8 Å². The smallest absolute Gasteiger partial charge is 0.227 e. The van der Waals surface area contributed by atoms with Gasteiger partial charge in [0.1, 0.15) is 0 Å². The molecule has 2 atom stereocenters. The summed E-state index contributed by atoms with van der Waals surface area (Å²) in [6, 6.07) is 0.333. The van der Waals surface area contributed by atoms with Crippen LogP contribution in [0.1, 0.15) is 32.1 Å². The number of nitrogens with zero attached hydrogens (tertiary/aromatic N) is 1. The average Bonchev–Trinajstić information content (AvgIpc) is 3.11. The summed E-state index contributed by atoms with van der Waals surface area (Å²) < 4.78 is 11.4. The van der Waals surface area contributed by atoms with Gasteiger partial charge in [0.25, 0.3) is 0 Å². The first-order valence-electron chi connectivity index (χ1n) is 8.69. The number of nitrogens with one attached hydrogen (secondary N) is 1. The van der Waals surface area contributed by atoms with E-state index < -0.39 is 5.79 Å². The summed E-state index contributed by atoms with van der Waals surface area (Å²) in [5.74, 6) is -0.976. The van der Waals surface area contributed by atoms with E-state index >= 15 is 0 Å². The Labute approximate surface area is 136 Å². The third kappa shape index (κ3) is 3.02. The molecule has 6 nitrogen and oxygen atoms in total. The summed E-state index contributed by atoms with van der Waals surface area (Å²) in [6.07, 6.45) is 8.20. The number of allylic oxidation sites excluding steroid dienone is 2. The number of carbonyl (C=O) groups excluding carboxylic acids is 2. The lowest BCUT2D eigenvalue weighted by Crippen LogP contribution is -2.45. The van der Waals surface area contributed by atoms with Crippen LogP contribution >= 0.6 is 0 Å². The van der Waals surface area contributed by atoms with Crippen molar-refractivity contribution in [2.45, 2.75) is 43.9 Å². The van der Waals surface area contributed by atoms with Gasteiger partial charge in [0.05, 0.1) is 31.6 Å². The zero-order chi connectivity index (χ0) is 15.9. The predicted molar refractivity (Wildman–Crippen MR) is 82.4 cm³/mol. The average molecular weight is 320 g/mol. The first-order valence-corrected chi connectivity index (χ1v) is 8.69. The van der Waals surface area contributed by atoms with Crippen LogP contribution in [0.25, 0.3) is 0 Å². The molecular formula is C17H24N2O4. The normalized spacial score (nSPS) is 32.4. The number of amides is 2. The Morgan fingerprint density at radius 2 is 1.78 bits per heavy atom. The second-order valence-corrected chi connectivity index (χ2v) is 7.06. The minimum Gasteiger partial charge on any atom is -0.353 e. The Morgan fingerprint density at radius 1 is 1.09 bits per heavy atom. The van der Waals surface area contributed by atoms with E-state index in [2.05, 4.69) is 5.32 Å². The molecule has 2 heterocycles. The van der Waals surface area contributed by atoms with Gasteiger partial charge in [-0.2, -0.15) is 0 Å². The van der Waals surface area contributed by atoms with Crippen molar-refractivity contribution in [3.05, 3.63) is 12.2 Å². The van der Waals surface area contributed by atoms with Crippen molar-refractivity contribution in [3.63, 3.8) is 0 Å². The Hall–Kier alpha value is -1.40. The molecule has 2 amide bonds. The summed E-state index contributed by atoms with van der Waals surface area (Å²) in [4.78, 5) is 27.2. The Bertz CT molecular complexity index is 523. The van der Waals surface area contributed by atoms with Gasteiger partial charge in [-0.15, -0.1) is 0 Å². The summed E-state index contributed by atoms with van der Waals surface area (Å²) >= 11 is 0. The fraction of sp³-hybridized carbons (Fsp3) is 0.765. The van der Waals surface area contributed by atoms with Crippen LogP contribution in [0.3, 0.4) is 0 Å². The van der Waals surface area contributed by atoms with Crippen LogP contribution in [0.5, 0.6) is 0 Å². The van der Waals surface area contributed by atoms with Crippen LogP contribution in [0, 0.1) is 11.8 Å². The van der Waals surface area contributed by atoms with E-state index in [0.717, 1.165) is 19.3 Å². The summed E-state index contributed by atoms with van der Waals surface area (Å²) in [7, 11) is 0. The molecule has 1 saturated carbocycles. The van der Waals surface area contributed by atoms with E-state index in [4.69, 9.17) is 9.47 Å². The predicted octanol–water partition coefficient (Wildman–Crippen LogP) is 0.823. The van der Waals surface area contributed by atoms with Gasteiger partial charge in [-0.1, -0.05) is 12.2 Å². The second-order valence-electron chi connectivity index (χ2n) is 7.06. The summed E-state index contributed by atoms with van der Waals surface area (Å²) in [5, 5.41) is 3.05. The van der Waals surface area contributed by atoms with E-state index in [9.17, 15) is 9.59 Å². The molecule has 6 heteroatoms. The molecule has 2 aliphatic heterocycles. The van der Waals surface area contributed by atoms with Crippen molar-refractivity contribution in [3.8, 4) is 0 Å². The highest BCUT2D eigenvalue weighted by molar-refractivity contribution is 5.88. The monoisotopic (exact) mass is 320 g/mol. The van der Waals surface area contributed by atoms with Gasteiger partial charge >= 0.3 is 0 Å². The highest BCUT2D eigenvalue weighted by Crippen LogP contribution is 2.34. The summed E-state index contributed by atoms with van der Waals surface area (Å²) in [5.41, 5.74) is 0. The fourth-order valence-electron chi connectivity index (χ4n) is 3.82. The number of carbonyl (C=O) groups is 2. The maximum absolute atomic E-state index is 13.0. The maximum Gasteiger partial charge on any atom is 0.227 e. The molecule has 2 aliphatic carbocycles. The molecular weight excluding hydrogens is 296 g/mol. The fourth-order valence-corrected chi connectivity index (χ4v) is 3.82. The lowest BCUT2D eigenvalue weighted by molar-refractivity contribution is -0.155. The second kappa shape index (κ2) is 5.91. The third-order valence-corrected chi connectivity index (χ3v) is 5.33. The first-order chi connectivity index (χ1) is 11.2. The topological polar surface area (TPSA) is 67.9 Å². The Morgan fingerprint density at radius 3 is 2.48 bits per heavy atom. The van der Waals surface area contributed by atoms with Crippen LogP contribution in [0.15, 0.2) is 12.2 Å². The minimum absolute atomic E-state index is 0.0393. The molecule has 2 saturated heterocycles. The van der Waals surface area contributed by atoms with Gasteiger partial charge < -0.3 is 19.7 Å². The van der Waals surface area contributed by atoms with Crippen LogP contribution in [0.4, 0.5) is 0 Å². The van der Waals surface area contributed by atoms with Crippen LogP contribution in [-0.4, -0.2) is 54.8 Å². The Kier molecular flexibility index (Phi) is 3.89. The minimum atomic E-state index is -0.591. The molecule has 4 aliphatic rings. The quantitative estimate of drug-likeness (QED) is 0.782. The molecule has 1 spiro atoms. The molecule has 0 aromatic carbocycles. The molecule has 0 bridgehead atoms. The Balaban J connectivity index is 1.43. The number of rotatable bonds is 3. The first kappa shape index (κ1) is 15.1. The van der Waals surface area contributed by atoms with E-state index in [1.165, 1.54) is 0 Å². The zero-order valence-corrected chi connectivity index (χ0v) is 13.3. The molecule has 23 heavy (non-hydrogen) atoms. The third-order valence-electron chi connectivity index (χ3n) is 5.33. The molecule has 0 aromatic rings. The molecule has 0 aromatic heterocycles. The molecule has 0 unspecified atom stereocenters. The largest absolute Gasteiger partial charge is 0.353 e. The zero-order valence-electron chi connectivity index (χ0n) is 13.3. The van der Waals surface area contributed by atoms with Crippen molar-refractivity contribution in [2.75, 3.05) is 26.3 Å². The number of ether oxygens (including phenoxy) is 2. The molecule has 126 valence electrons. The van der Waals surface area contributed by atoms with Gasteiger partial charge in [-0.3, -0.25) is 9.59 Å². The van der Waals surface area contributed by atoms with Crippen LogP contribution in [-0.2, 0) is 19.1 Å². The van der Waals surface area contributed by atoms with Crippen LogP contribution in [0.2, 0.25) is 0 Å². The van der Waals surface area contributed by atoms with Crippen molar-refractivity contribution in [1.29, 1.82) is 0 Å². The highest BCUT2D eigenvalue weighted by Gasteiger charge is 2.47.